The van der Waals surface area contributed by atoms with Crippen LogP contribution in [0.15, 0.2) is 54.6 Å². The van der Waals surface area contributed by atoms with E-state index in [1.165, 1.54) is 11.1 Å². The molecule has 2 aromatic carbocycles. The number of benzene rings is 2. The molecule has 0 saturated heterocycles. The van der Waals surface area contributed by atoms with E-state index in [-0.39, 0.29) is 5.91 Å². The van der Waals surface area contributed by atoms with Gasteiger partial charge in [0, 0.05) is 32.2 Å². The molecule has 0 aliphatic heterocycles. The van der Waals surface area contributed by atoms with Crippen molar-refractivity contribution in [1.29, 1.82) is 0 Å². The number of carbonyl (C=O) groups excluding carboxylic acids is 1. The Labute approximate surface area is 126 Å². The highest BCUT2D eigenvalue weighted by Gasteiger charge is 2.09. The minimum absolute atomic E-state index is 0.123. The molecule has 21 heavy (non-hydrogen) atoms. The summed E-state index contributed by atoms with van der Waals surface area (Å²) in [5.41, 5.74) is 3.43. The van der Waals surface area contributed by atoms with Gasteiger partial charge in [0.2, 0.25) is 5.91 Å². The molecule has 2 rings (SSSR count). The zero-order valence-electron chi connectivity index (χ0n) is 12.7. The lowest BCUT2D eigenvalue weighted by atomic mass is 10.1. The van der Waals surface area contributed by atoms with Crippen molar-refractivity contribution in [3.8, 4) is 0 Å². The molecular formula is C18H22N2O. The van der Waals surface area contributed by atoms with Crippen molar-refractivity contribution >= 4 is 11.6 Å². The third-order valence-electron chi connectivity index (χ3n) is 3.48. The van der Waals surface area contributed by atoms with Gasteiger partial charge in [-0.25, -0.2) is 0 Å². The highest BCUT2D eigenvalue weighted by molar-refractivity contribution is 5.92. The zero-order valence-corrected chi connectivity index (χ0v) is 12.7. The van der Waals surface area contributed by atoms with E-state index in [2.05, 4.69) is 36.5 Å². The van der Waals surface area contributed by atoms with Gasteiger partial charge in [-0.05, 0) is 24.6 Å². The second kappa shape index (κ2) is 7.60. The van der Waals surface area contributed by atoms with Crippen LogP contribution in [0.3, 0.4) is 0 Å². The van der Waals surface area contributed by atoms with Gasteiger partial charge in [-0.15, -0.1) is 0 Å². The minimum Gasteiger partial charge on any atom is -0.315 e. The average molecular weight is 282 g/mol. The van der Waals surface area contributed by atoms with Crippen LogP contribution in [0.5, 0.6) is 0 Å². The first-order valence-electron chi connectivity index (χ1n) is 7.24. The van der Waals surface area contributed by atoms with Gasteiger partial charge in [0.15, 0.2) is 0 Å². The lowest BCUT2D eigenvalue weighted by molar-refractivity contribution is -0.118. The Morgan fingerprint density at radius 1 is 1.05 bits per heavy atom. The van der Waals surface area contributed by atoms with E-state index in [0.29, 0.717) is 13.0 Å². The summed E-state index contributed by atoms with van der Waals surface area (Å²) < 4.78 is 0. The van der Waals surface area contributed by atoms with E-state index in [1.807, 2.05) is 37.4 Å². The van der Waals surface area contributed by atoms with Crippen LogP contribution in [0.2, 0.25) is 0 Å². The topological polar surface area (TPSA) is 32.3 Å². The first kappa shape index (κ1) is 15.3. The van der Waals surface area contributed by atoms with Crippen molar-refractivity contribution in [1.82, 2.24) is 5.32 Å². The smallest absolute Gasteiger partial charge is 0.227 e. The van der Waals surface area contributed by atoms with Crippen molar-refractivity contribution in [3.63, 3.8) is 0 Å². The minimum atomic E-state index is 0.123. The van der Waals surface area contributed by atoms with Gasteiger partial charge >= 0.3 is 0 Å². The lowest BCUT2D eigenvalue weighted by Crippen LogP contribution is -2.29. The van der Waals surface area contributed by atoms with Gasteiger partial charge in [-0.3, -0.25) is 4.79 Å². The first-order chi connectivity index (χ1) is 10.2. The van der Waals surface area contributed by atoms with Crippen LogP contribution < -0.4 is 10.2 Å². The quantitative estimate of drug-likeness (QED) is 0.826. The Morgan fingerprint density at radius 3 is 2.38 bits per heavy atom. The maximum absolute atomic E-state index is 12.1. The molecule has 0 spiro atoms. The van der Waals surface area contributed by atoms with E-state index >= 15 is 0 Å². The standard InChI is InChI=1S/C18H22N2O/c1-15-8-10-16(11-9-15)14-19-13-12-18(21)20(2)17-6-4-3-5-7-17/h3-11,19H,12-14H2,1-2H3. The lowest BCUT2D eigenvalue weighted by Gasteiger charge is -2.17. The Kier molecular flexibility index (Phi) is 5.52. The molecule has 0 aliphatic rings. The van der Waals surface area contributed by atoms with Gasteiger partial charge in [-0.1, -0.05) is 48.0 Å². The average Bonchev–Trinajstić information content (AvgIpc) is 2.53. The van der Waals surface area contributed by atoms with Gasteiger partial charge < -0.3 is 10.2 Å². The largest absolute Gasteiger partial charge is 0.315 e. The molecular weight excluding hydrogens is 260 g/mol. The summed E-state index contributed by atoms with van der Waals surface area (Å²) in [4.78, 5) is 13.8. The van der Waals surface area contributed by atoms with Crippen LogP contribution >= 0.6 is 0 Å². The molecule has 0 fully saturated rings. The van der Waals surface area contributed by atoms with Crippen LogP contribution in [-0.4, -0.2) is 19.5 Å². The van der Waals surface area contributed by atoms with Crippen molar-refractivity contribution in [2.24, 2.45) is 0 Å². The van der Waals surface area contributed by atoms with Crippen molar-refractivity contribution in [2.45, 2.75) is 19.9 Å². The molecule has 3 nitrogen and oxygen atoms in total. The predicted molar refractivity (Wildman–Crippen MR) is 87.4 cm³/mol. The van der Waals surface area contributed by atoms with Crippen molar-refractivity contribution < 1.29 is 4.79 Å². The number of anilines is 1. The summed E-state index contributed by atoms with van der Waals surface area (Å²) >= 11 is 0. The summed E-state index contributed by atoms with van der Waals surface area (Å²) in [5, 5.41) is 3.31. The molecule has 3 heteroatoms. The summed E-state index contributed by atoms with van der Waals surface area (Å²) in [5.74, 6) is 0.123. The van der Waals surface area contributed by atoms with E-state index in [9.17, 15) is 4.79 Å². The third kappa shape index (κ3) is 4.72. The normalized spacial score (nSPS) is 10.4. The molecule has 0 saturated carbocycles. The molecule has 1 N–H and O–H groups in total. The maximum Gasteiger partial charge on any atom is 0.227 e. The van der Waals surface area contributed by atoms with Crippen LogP contribution in [0.4, 0.5) is 5.69 Å². The van der Waals surface area contributed by atoms with Crippen molar-refractivity contribution in [2.75, 3.05) is 18.5 Å². The van der Waals surface area contributed by atoms with E-state index in [0.717, 1.165) is 12.2 Å². The third-order valence-corrected chi connectivity index (χ3v) is 3.48. The van der Waals surface area contributed by atoms with Crippen LogP contribution in [0.25, 0.3) is 0 Å². The number of amides is 1. The second-order valence-corrected chi connectivity index (χ2v) is 5.20. The zero-order chi connectivity index (χ0) is 15.1. The van der Waals surface area contributed by atoms with E-state index in [4.69, 9.17) is 0 Å². The highest BCUT2D eigenvalue weighted by atomic mass is 16.2. The molecule has 0 radical (unpaired) electrons. The second-order valence-electron chi connectivity index (χ2n) is 5.20. The van der Waals surface area contributed by atoms with E-state index in [1.54, 1.807) is 4.90 Å². The maximum atomic E-state index is 12.1. The number of nitrogens with one attached hydrogen (secondary N) is 1. The molecule has 2 aromatic rings. The highest BCUT2D eigenvalue weighted by Crippen LogP contribution is 2.11. The monoisotopic (exact) mass is 282 g/mol. The summed E-state index contributed by atoms with van der Waals surface area (Å²) in [7, 11) is 1.82. The van der Waals surface area contributed by atoms with Crippen molar-refractivity contribution in [3.05, 3.63) is 65.7 Å². The molecule has 110 valence electrons. The SMILES string of the molecule is Cc1ccc(CNCCC(=O)N(C)c2ccccc2)cc1. The van der Waals surface area contributed by atoms with Gasteiger partial charge in [0.25, 0.3) is 0 Å². The number of para-hydroxylation sites is 1. The molecule has 0 aliphatic carbocycles. The Morgan fingerprint density at radius 2 is 1.71 bits per heavy atom. The Hall–Kier alpha value is -2.13. The number of hydrogen-bond donors (Lipinski definition) is 1. The fourth-order valence-electron chi connectivity index (χ4n) is 2.10. The van der Waals surface area contributed by atoms with Gasteiger partial charge in [0.05, 0.1) is 0 Å². The summed E-state index contributed by atoms with van der Waals surface area (Å²) in [6.45, 7) is 3.56. The first-order valence-corrected chi connectivity index (χ1v) is 7.24. The molecule has 0 aromatic heterocycles. The fourth-order valence-corrected chi connectivity index (χ4v) is 2.10. The molecule has 0 unspecified atom stereocenters. The van der Waals surface area contributed by atoms with Crippen LogP contribution in [-0.2, 0) is 11.3 Å². The molecule has 1 amide bonds. The fraction of sp³-hybridized carbons (Fsp3) is 0.278. The number of rotatable bonds is 6. The number of hydrogen-bond acceptors (Lipinski definition) is 2. The van der Waals surface area contributed by atoms with Gasteiger partial charge in [-0.2, -0.15) is 0 Å². The number of nitrogens with zero attached hydrogens (tertiary/aromatic N) is 1. The number of aryl methyl sites for hydroxylation is 1. The van der Waals surface area contributed by atoms with Crippen LogP contribution in [0, 0.1) is 6.92 Å². The molecule has 0 heterocycles. The Bertz CT molecular complexity index is 564. The van der Waals surface area contributed by atoms with Gasteiger partial charge in [0.1, 0.15) is 0 Å². The Balaban J connectivity index is 1.73. The summed E-state index contributed by atoms with van der Waals surface area (Å²) in [6, 6.07) is 18.1. The summed E-state index contributed by atoms with van der Waals surface area (Å²) in [6.07, 6.45) is 0.497. The van der Waals surface area contributed by atoms with Crippen LogP contribution in [0.1, 0.15) is 17.5 Å². The number of carbonyl (C=O) groups is 1. The molecule has 0 bridgehead atoms. The molecule has 0 atom stereocenters. The van der Waals surface area contributed by atoms with E-state index < -0.39 is 0 Å². The predicted octanol–water partition coefficient (Wildman–Crippen LogP) is 3.14.